The van der Waals surface area contributed by atoms with Gasteiger partial charge in [-0.1, -0.05) is 12.1 Å². The van der Waals surface area contributed by atoms with Crippen molar-refractivity contribution in [1.82, 2.24) is 9.80 Å². The van der Waals surface area contributed by atoms with Gasteiger partial charge in [-0.15, -0.1) is 0 Å². The summed E-state index contributed by atoms with van der Waals surface area (Å²) >= 11 is 0. The number of carbonyl (C=O) groups excluding carboxylic acids is 4. The fourth-order valence-electron chi connectivity index (χ4n) is 3.63. The molecule has 1 saturated heterocycles. The molecule has 0 aromatic heterocycles. The van der Waals surface area contributed by atoms with E-state index in [9.17, 15) is 29.1 Å². The molecule has 1 aromatic rings. The fraction of sp³-hybridized carbons (Fsp3) is 0.450. The number of carboxylic acids is 1. The molecule has 30 heavy (non-hydrogen) atoms. The van der Waals surface area contributed by atoms with Crippen LogP contribution in [-0.2, 0) is 30.3 Å². The number of nitrogens with zero attached hydrogens (tertiary/aromatic N) is 2. The third-order valence-electron chi connectivity index (χ3n) is 5.76. The van der Waals surface area contributed by atoms with Crippen LogP contribution in [0.4, 0.5) is 4.79 Å². The molecule has 2 fully saturated rings. The van der Waals surface area contributed by atoms with Gasteiger partial charge in [-0.05, 0) is 37.0 Å². The SMILES string of the molecule is COc1ccc(CC2(OC(=O)C3(C(=O)O)CCC3)C(=O)N(C)C(=O)N(C)C2=O)cc1. The summed E-state index contributed by atoms with van der Waals surface area (Å²) in [7, 11) is 3.81. The molecule has 4 amide bonds. The molecule has 1 saturated carbocycles. The Balaban J connectivity index is 2.04. The summed E-state index contributed by atoms with van der Waals surface area (Å²) in [5.41, 5.74) is -3.73. The van der Waals surface area contributed by atoms with Gasteiger partial charge in [0.1, 0.15) is 5.75 Å². The molecular formula is C20H22N2O8. The molecule has 1 aliphatic carbocycles. The number of imide groups is 2. The molecule has 1 aromatic carbocycles. The normalized spacial score (nSPS) is 19.9. The van der Waals surface area contributed by atoms with E-state index in [1.807, 2.05) is 0 Å². The van der Waals surface area contributed by atoms with Crippen molar-refractivity contribution in [2.24, 2.45) is 5.41 Å². The maximum Gasteiger partial charge on any atom is 0.333 e. The summed E-state index contributed by atoms with van der Waals surface area (Å²) in [6, 6.07) is 5.50. The van der Waals surface area contributed by atoms with Crippen LogP contribution in [-0.4, -0.2) is 71.5 Å². The molecular weight excluding hydrogens is 396 g/mol. The van der Waals surface area contributed by atoms with Gasteiger partial charge in [0.15, 0.2) is 5.41 Å². The van der Waals surface area contributed by atoms with E-state index in [0.29, 0.717) is 27.5 Å². The number of aliphatic carboxylic acids is 1. The summed E-state index contributed by atoms with van der Waals surface area (Å²) in [5.74, 6) is -4.05. The van der Waals surface area contributed by atoms with Crippen molar-refractivity contribution < 1.29 is 38.6 Å². The van der Waals surface area contributed by atoms with Crippen molar-refractivity contribution in [2.45, 2.75) is 31.3 Å². The van der Waals surface area contributed by atoms with Gasteiger partial charge in [-0.25, -0.2) is 4.79 Å². The molecule has 1 N–H and O–H groups in total. The van der Waals surface area contributed by atoms with Gasteiger partial charge in [0, 0.05) is 20.5 Å². The van der Waals surface area contributed by atoms with Crippen LogP contribution in [0.15, 0.2) is 24.3 Å². The molecule has 0 bridgehead atoms. The maximum atomic E-state index is 13.1. The fourth-order valence-corrected chi connectivity index (χ4v) is 3.63. The van der Waals surface area contributed by atoms with Gasteiger partial charge in [-0.3, -0.25) is 29.0 Å². The molecule has 1 heterocycles. The molecule has 3 rings (SSSR count). The molecule has 0 unspecified atom stereocenters. The Morgan fingerprint density at radius 2 is 1.57 bits per heavy atom. The molecule has 10 nitrogen and oxygen atoms in total. The van der Waals surface area contributed by atoms with Crippen LogP contribution >= 0.6 is 0 Å². The number of likely N-dealkylation sites (N-methyl/N-ethyl adjacent to an activating group) is 2. The highest BCUT2D eigenvalue weighted by Crippen LogP contribution is 2.44. The molecule has 1 aliphatic heterocycles. The number of amides is 4. The highest BCUT2D eigenvalue weighted by molar-refractivity contribution is 6.22. The molecule has 0 spiro atoms. The number of hydrogen-bond acceptors (Lipinski definition) is 7. The number of methoxy groups -OCH3 is 1. The molecule has 160 valence electrons. The quantitative estimate of drug-likeness (QED) is 0.531. The van der Waals surface area contributed by atoms with Gasteiger partial charge in [0.25, 0.3) is 17.4 Å². The van der Waals surface area contributed by atoms with Crippen LogP contribution in [0.2, 0.25) is 0 Å². The Bertz CT molecular complexity index is 895. The smallest absolute Gasteiger partial charge is 0.333 e. The minimum absolute atomic E-state index is 0.0484. The first-order valence-corrected chi connectivity index (χ1v) is 9.29. The minimum Gasteiger partial charge on any atom is -0.497 e. The number of hydrogen-bond donors (Lipinski definition) is 1. The van der Waals surface area contributed by atoms with E-state index in [1.165, 1.54) is 21.2 Å². The van der Waals surface area contributed by atoms with Gasteiger partial charge in [-0.2, -0.15) is 0 Å². The van der Waals surface area contributed by atoms with E-state index in [2.05, 4.69) is 0 Å². The number of rotatable bonds is 6. The van der Waals surface area contributed by atoms with Crippen LogP contribution in [0.1, 0.15) is 24.8 Å². The van der Waals surface area contributed by atoms with E-state index in [4.69, 9.17) is 9.47 Å². The second-order valence-corrected chi connectivity index (χ2v) is 7.49. The number of urea groups is 1. The summed E-state index contributed by atoms with van der Waals surface area (Å²) in [4.78, 5) is 64.3. The Morgan fingerprint density at radius 3 is 1.97 bits per heavy atom. The monoisotopic (exact) mass is 418 g/mol. The minimum atomic E-state index is -2.39. The lowest BCUT2D eigenvalue weighted by Gasteiger charge is -2.43. The number of carboxylic acid groups (broad SMARTS) is 1. The van der Waals surface area contributed by atoms with Crippen LogP contribution in [0, 0.1) is 5.41 Å². The van der Waals surface area contributed by atoms with Crippen LogP contribution in [0.3, 0.4) is 0 Å². The van der Waals surface area contributed by atoms with Crippen LogP contribution in [0.5, 0.6) is 5.75 Å². The third-order valence-corrected chi connectivity index (χ3v) is 5.76. The topological polar surface area (TPSA) is 131 Å². The Morgan fingerprint density at radius 1 is 1.03 bits per heavy atom. The van der Waals surface area contributed by atoms with Crippen molar-refractivity contribution in [3.05, 3.63) is 29.8 Å². The second kappa shape index (κ2) is 7.43. The lowest BCUT2D eigenvalue weighted by atomic mass is 9.68. The largest absolute Gasteiger partial charge is 0.497 e. The van der Waals surface area contributed by atoms with Gasteiger partial charge in [0.05, 0.1) is 7.11 Å². The van der Waals surface area contributed by atoms with Gasteiger partial charge < -0.3 is 14.6 Å². The maximum absolute atomic E-state index is 13.1. The highest BCUT2D eigenvalue weighted by Gasteiger charge is 2.62. The highest BCUT2D eigenvalue weighted by atomic mass is 16.6. The Hall–Kier alpha value is -3.43. The molecule has 10 heteroatoms. The van der Waals surface area contributed by atoms with E-state index >= 15 is 0 Å². The third kappa shape index (κ3) is 3.08. The summed E-state index contributed by atoms with van der Waals surface area (Å²) < 4.78 is 10.5. The van der Waals surface area contributed by atoms with Gasteiger partial charge >= 0.3 is 18.0 Å². The number of carbonyl (C=O) groups is 5. The van der Waals surface area contributed by atoms with E-state index in [1.54, 1.807) is 24.3 Å². The average molecular weight is 418 g/mol. The first-order valence-electron chi connectivity index (χ1n) is 9.29. The van der Waals surface area contributed by atoms with E-state index in [-0.39, 0.29) is 19.3 Å². The van der Waals surface area contributed by atoms with Crippen molar-refractivity contribution in [3.8, 4) is 5.75 Å². The lowest BCUT2D eigenvalue weighted by Crippen LogP contribution is -2.70. The first kappa shape index (κ1) is 21.3. The van der Waals surface area contributed by atoms with Crippen molar-refractivity contribution in [1.29, 1.82) is 0 Å². The molecule has 0 atom stereocenters. The zero-order valence-corrected chi connectivity index (χ0v) is 16.8. The second-order valence-electron chi connectivity index (χ2n) is 7.49. The van der Waals surface area contributed by atoms with Crippen molar-refractivity contribution in [2.75, 3.05) is 21.2 Å². The lowest BCUT2D eigenvalue weighted by molar-refractivity contribution is -0.198. The average Bonchev–Trinajstić information content (AvgIpc) is 2.68. The predicted molar refractivity (Wildman–Crippen MR) is 100 cm³/mol. The Kier molecular flexibility index (Phi) is 5.27. The number of ether oxygens (including phenoxy) is 2. The molecule has 2 aliphatic rings. The first-order chi connectivity index (χ1) is 14.1. The van der Waals surface area contributed by atoms with Crippen molar-refractivity contribution >= 4 is 29.8 Å². The summed E-state index contributed by atoms with van der Waals surface area (Å²) in [5, 5.41) is 9.53. The number of esters is 1. The van der Waals surface area contributed by atoms with Crippen LogP contribution < -0.4 is 4.74 Å². The predicted octanol–water partition coefficient (Wildman–Crippen LogP) is 0.825. The standard InChI is InChI=1S/C20H22N2O8/c1-21-14(23)20(15(24)22(2)18(21)28,11-12-5-7-13(29-3)8-6-12)30-17(27)19(16(25)26)9-4-10-19/h5-8H,4,9-11H2,1-3H3,(H,25,26). The summed E-state index contributed by atoms with van der Waals surface area (Å²) in [6.07, 6.45) is 0.241. The summed E-state index contributed by atoms with van der Waals surface area (Å²) in [6.45, 7) is 0. The number of barbiturate groups is 1. The molecule has 0 radical (unpaired) electrons. The number of benzene rings is 1. The van der Waals surface area contributed by atoms with E-state index < -0.39 is 40.8 Å². The van der Waals surface area contributed by atoms with E-state index in [0.717, 1.165) is 0 Å². The van der Waals surface area contributed by atoms with Crippen molar-refractivity contribution in [3.63, 3.8) is 0 Å². The van der Waals surface area contributed by atoms with Gasteiger partial charge in [0.2, 0.25) is 0 Å². The zero-order valence-electron chi connectivity index (χ0n) is 16.8. The Labute approximate surface area is 172 Å². The zero-order chi connectivity index (χ0) is 22.3. The van der Waals surface area contributed by atoms with Crippen LogP contribution in [0.25, 0.3) is 0 Å².